The highest BCUT2D eigenvalue weighted by Gasteiger charge is 2.18. The normalized spacial score (nSPS) is 8.78. The number of carbonyl (C=O) groups is 2. The minimum Gasteiger partial charge on any atom is -0.550 e. The summed E-state index contributed by atoms with van der Waals surface area (Å²) in [5.41, 5.74) is 0.0422. The lowest BCUT2D eigenvalue weighted by atomic mass is 10.3. The number of aliphatic carboxylic acids is 1. The molecule has 0 atom stereocenters. The highest BCUT2D eigenvalue weighted by atomic mass is 127. The fraction of sp³-hybridized carbons (Fsp3) is 0.200. The van der Waals surface area contributed by atoms with Gasteiger partial charge >= 0.3 is 27.6 Å². The molecule has 0 aromatic heterocycles. The van der Waals surface area contributed by atoms with E-state index < -0.39 is 32.5 Å². The van der Waals surface area contributed by atoms with Crippen molar-refractivity contribution in [2.24, 2.45) is 0 Å². The molecule has 1 aromatic carbocycles. The number of non-ortho nitro benzene ring substituents is 1. The average molecular weight is 367 g/mol. The van der Waals surface area contributed by atoms with Crippen molar-refractivity contribution in [2.45, 2.75) is 13.8 Å². The van der Waals surface area contributed by atoms with E-state index in [0.717, 1.165) is 10.5 Å². The summed E-state index contributed by atoms with van der Waals surface area (Å²) in [6.07, 6.45) is 0. The molecule has 0 fully saturated rings. The van der Waals surface area contributed by atoms with Gasteiger partial charge in [0.05, 0.1) is 4.92 Å². The minimum atomic E-state index is -1.08. The molecule has 0 N–H and O–H groups in total. The molecular weight excluding hydrogens is 357 g/mol. The van der Waals surface area contributed by atoms with Crippen LogP contribution >= 0.6 is 0 Å². The number of hydrogen-bond acceptors (Lipinski definition) is 6. The van der Waals surface area contributed by atoms with Crippen molar-refractivity contribution in [3.05, 3.63) is 37.9 Å². The minimum absolute atomic E-state index is 0.0422. The van der Waals surface area contributed by atoms with Gasteiger partial charge in [0.1, 0.15) is 0 Å². The molecule has 0 aliphatic heterocycles. The van der Waals surface area contributed by atoms with Gasteiger partial charge in [-0.3, -0.25) is 10.1 Å². The van der Waals surface area contributed by atoms with Crippen molar-refractivity contribution in [1.29, 1.82) is 0 Å². The zero-order valence-electron chi connectivity index (χ0n) is 9.58. The number of nitro groups is 1. The number of nitrogens with zero attached hydrogens (tertiary/aromatic N) is 1. The van der Waals surface area contributed by atoms with E-state index in [1.807, 2.05) is 0 Å². The summed E-state index contributed by atoms with van der Waals surface area (Å²) < 4.78 is 5.67. The number of halogens is 1. The maximum Gasteiger partial charge on any atom is 0.583 e. The molecule has 0 saturated heterocycles. The second-order valence-electron chi connectivity index (χ2n) is 2.87. The van der Waals surface area contributed by atoms with Crippen molar-refractivity contribution < 1.29 is 44.3 Å². The third-order valence-corrected chi connectivity index (χ3v) is 3.34. The van der Waals surface area contributed by atoms with Crippen LogP contribution in [-0.2, 0) is 12.7 Å². The summed E-state index contributed by atoms with van der Waals surface area (Å²) in [7, 11) is 0. The Morgan fingerprint density at radius 2 is 1.67 bits per heavy atom. The molecule has 7 nitrogen and oxygen atoms in total. The number of rotatable bonds is 3. The highest BCUT2D eigenvalue weighted by Crippen LogP contribution is 2.07. The van der Waals surface area contributed by atoms with Gasteiger partial charge in [-0.1, -0.05) is 0 Å². The molecule has 0 amide bonds. The van der Waals surface area contributed by atoms with Gasteiger partial charge in [0, 0.05) is 37.2 Å². The Hall–Kier alpha value is -1.71. The van der Waals surface area contributed by atoms with Gasteiger partial charge in [-0.05, 0) is 6.92 Å². The smallest absolute Gasteiger partial charge is 0.550 e. The van der Waals surface area contributed by atoms with Crippen LogP contribution in [0.25, 0.3) is 0 Å². The molecular formula is C10H10INO6. The fourth-order valence-electron chi connectivity index (χ4n) is 0.713. The molecule has 0 spiro atoms. The van der Waals surface area contributed by atoms with Gasteiger partial charge in [-0.2, -0.15) is 0 Å². The van der Waals surface area contributed by atoms with E-state index in [1.54, 1.807) is 12.1 Å². The first-order valence-electron chi connectivity index (χ1n) is 4.57. The first-order valence-corrected chi connectivity index (χ1v) is 6.53. The number of hydrogen-bond donors (Lipinski definition) is 0. The second kappa shape index (κ2) is 8.39. The van der Waals surface area contributed by atoms with E-state index in [1.165, 1.54) is 19.1 Å². The first-order chi connectivity index (χ1) is 8.32. The number of carbonyl (C=O) groups excluding carboxylic acids is 2. The summed E-state index contributed by atoms with van der Waals surface area (Å²) in [6, 6.07) is 6.01. The maximum atomic E-state index is 10.5. The van der Waals surface area contributed by atoms with E-state index in [9.17, 15) is 14.9 Å². The fourth-order valence-corrected chi connectivity index (χ4v) is 1.93. The predicted octanol–water partition coefficient (Wildman–Crippen LogP) is -2.91. The lowest BCUT2D eigenvalue weighted by Crippen LogP contribution is -3.62. The van der Waals surface area contributed by atoms with Crippen LogP contribution in [0.5, 0.6) is 0 Å². The summed E-state index contributed by atoms with van der Waals surface area (Å²) in [5.74, 6) is -1.41. The third kappa shape index (κ3) is 8.44. The van der Waals surface area contributed by atoms with E-state index in [0.29, 0.717) is 0 Å². The zero-order chi connectivity index (χ0) is 14.1. The molecule has 8 heteroatoms. The van der Waals surface area contributed by atoms with E-state index >= 15 is 0 Å². The SMILES string of the molecule is CC(=O)O[I+]c1ccc([N+](=O)[O-])cc1.CC(=O)[O-]. The predicted molar refractivity (Wildman–Crippen MR) is 54.2 cm³/mol. The highest BCUT2D eigenvalue weighted by molar-refractivity contribution is 5.64. The summed E-state index contributed by atoms with van der Waals surface area (Å²) in [5, 5.41) is 19.2. The molecule has 0 radical (unpaired) electrons. The van der Waals surface area contributed by atoms with Crippen LogP contribution in [-0.4, -0.2) is 16.9 Å². The van der Waals surface area contributed by atoms with Gasteiger partial charge in [0.2, 0.25) is 3.57 Å². The average Bonchev–Trinajstić information content (AvgIpc) is 2.26. The number of carboxylic acids is 1. The molecule has 0 bridgehead atoms. The Balaban J connectivity index is 0.000000631. The standard InChI is InChI=1S/C8H7INO4.C2H4O2/c1-6(11)14-9-7-2-4-8(5-3-7)10(12)13;1-2(3)4/h2-5H,1H3;1H3,(H,3,4)/q+1;/p-1. The Morgan fingerprint density at radius 3 is 2.00 bits per heavy atom. The Morgan fingerprint density at radius 1 is 1.22 bits per heavy atom. The van der Waals surface area contributed by atoms with Crippen LogP contribution < -0.4 is 26.7 Å². The lowest BCUT2D eigenvalue weighted by molar-refractivity contribution is -0.852. The Kier molecular flexibility index (Phi) is 7.59. The molecule has 0 aliphatic rings. The lowest BCUT2D eigenvalue weighted by Gasteiger charge is -1.87. The number of nitro benzene ring substituents is 1. The van der Waals surface area contributed by atoms with Gasteiger partial charge in [-0.25, -0.2) is 7.86 Å². The van der Waals surface area contributed by atoms with Gasteiger partial charge < -0.3 is 9.90 Å². The van der Waals surface area contributed by atoms with Crippen molar-refractivity contribution in [2.75, 3.05) is 0 Å². The summed E-state index contributed by atoms with van der Waals surface area (Å²) in [4.78, 5) is 29.2. The van der Waals surface area contributed by atoms with Crippen molar-refractivity contribution in [3.8, 4) is 0 Å². The van der Waals surface area contributed by atoms with Gasteiger partial charge in [0.15, 0.2) is 0 Å². The molecule has 0 heterocycles. The molecule has 0 saturated carbocycles. The molecule has 1 rings (SSSR count). The van der Waals surface area contributed by atoms with Crippen LogP contribution in [0.3, 0.4) is 0 Å². The largest absolute Gasteiger partial charge is 0.583 e. The second-order valence-corrected chi connectivity index (χ2v) is 5.00. The molecule has 0 unspecified atom stereocenters. The van der Waals surface area contributed by atoms with E-state index in [-0.39, 0.29) is 11.7 Å². The van der Waals surface area contributed by atoms with Crippen molar-refractivity contribution in [3.63, 3.8) is 0 Å². The Labute approximate surface area is 114 Å². The monoisotopic (exact) mass is 367 g/mol. The van der Waals surface area contributed by atoms with Crippen LogP contribution in [0.1, 0.15) is 13.8 Å². The number of benzene rings is 1. The van der Waals surface area contributed by atoms with Gasteiger partial charge in [0.25, 0.3) is 5.69 Å². The molecule has 1 aromatic rings. The summed E-state index contributed by atoms with van der Waals surface area (Å²) >= 11 is -0.818. The van der Waals surface area contributed by atoms with Crippen LogP contribution in [0.15, 0.2) is 24.3 Å². The maximum absolute atomic E-state index is 10.5. The van der Waals surface area contributed by atoms with Crippen LogP contribution in [0.2, 0.25) is 0 Å². The Bertz CT molecular complexity index is 426. The van der Waals surface area contributed by atoms with Gasteiger partial charge in [-0.15, -0.1) is 0 Å². The summed E-state index contributed by atoms with van der Waals surface area (Å²) in [6.45, 7) is 2.31. The van der Waals surface area contributed by atoms with Crippen molar-refractivity contribution in [1.82, 2.24) is 0 Å². The quantitative estimate of drug-likeness (QED) is 0.322. The topological polar surface area (TPSA) is 110 Å². The molecule has 98 valence electrons. The van der Waals surface area contributed by atoms with E-state index in [2.05, 4.69) is 0 Å². The third-order valence-electron chi connectivity index (χ3n) is 1.27. The van der Waals surface area contributed by atoms with Crippen LogP contribution in [0, 0.1) is 13.7 Å². The van der Waals surface area contributed by atoms with E-state index in [4.69, 9.17) is 13.0 Å². The first kappa shape index (κ1) is 16.3. The van der Waals surface area contributed by atoms with Crippen molar-refractivity contribution >= 4 is 17.6 Å². The zero-order valence-corrected chi connectivity index (χ0v) is 11.7. The van der Waals surface area contributed by atoms with Crippen LogP contribution in [0.4, 0.5) is 5.69 Å². The molecule has 0 aliphatic carbocycles. The molecule has 18 heavy (non-hydrogen) atoms. The number of carboxylic acid groups (broad SMARTS) is 1.